The van der Waals surface area contributed by atoms with Gasteiger partial charge in [0, 0.05) is 86.9 Å². The molecule has 3 aliphatic heterocycles. The number of thiophene rings is 1. The van der Waals surface area contributed by atoms with Crippen LogP contribution in [0.5, 0.6) is 0 Å². The average Bonchev–Trinajstić information content (AvgIpc) is 3.77. The predicted octanol–water partition coefficient (Wildman–Crippen LogP) is 3.35. The molecule has 0 saturated carbocycles. The van der Waals surface area contributed by atoms with Crippen LogP contribution in [0.15, 0.2) is 82.5 Å². The first-order valence-corrected chi connectivity index (χ1v) is 20.3. The molecule has 6 rings (SSSR count). The first kappa shape index (κ1) is 46.8. The Morgan fingerprint density at radius 1 is 0.684 bits per heavy atom. The maximum Gasteiger partial charge on any atom is 0.328 e. The van der Waals surface area contributed by atoms with Crippen molar-refractivity contribution < 1.29 is 63.5 Å². The van der Waals surface area contributed by atoms with Gasteiger partial charge in [-0.05, 0) is 77.4 Å². The smallest absolute Gasteiger partial charge is 0.328 e. The van der Waals surface area contributed by atoms with Gasteiger partial charge in [0.15, 0.2) is 0 Å². The van der Waals surface area contributed by atoms with Gasteiger partial charge >= 0.3 is 23.9 Å². The van der Waals surface area contributed by atoms with Crippen LogP contribution in [-0.4, -0.2) is 146 Å². The number of hydrogen-bond acceptors (Lipinski definition) is 12. The molecule has 2 saturated heterocycles. The topological polar surface area (TPSA) is 232 Å². The van der Waals surface area contributed by atoms with E-state index < -0.39 is 34.7 Å². The number of hydrogen-bond donors (Lipinski definition) is 6. The lowest BCUT2D eigenvalue weighted by atomic mass is 10.1. The minimum atomic E-state index is -1.26. The van der Waals surface area contributed by atoms with E-state index in [9.17, 15) is 33.6 Å². The average molecular weight is 831 g/mol. The summed E-state index contributed by atoms with van der Waals surface area (Å²) in [5, 5.41) is 54.8. The number of likely N-dealkylation sites (tertiary alicyclic amines) is 2. The van der Waals surface area contributed by atoms with Crippen molar-refractivity contribution in [2.24, 2.45) is 0 Å². The SMILES string of the molecule is O=C(O)/C=C\C(=O)O.O=C(O)/C=C\C(=O)O.O=S1C=Cc2cc(CCOCCCN3CC(O)C3)ccc21.OC1CN(CCCOCCc2ccc3sccc3c2)C1. The van der Waals surface area contributed by atoms with Crippen molar-refractivity contribution in [3.05, 3.63) is 94.2 Å². The molecular weight excluding hydrogens is 781 g/mol. The highest BCUT2D eigenvalue weighted by Crippen LogP contribution is 2.25. The lowest BCUT2D eigenvalue weighted by Crippen LogP contribution is -2.50. The molecule has 2 aromatic carbocycles. The Labute approximate surface area is 337 Å². The lowest BCUT2D eigenvalue weighted by Gasteiger charge is -2.35. The number of benzene rings is 2. The zero-order valence-electron chi connectivity index (χ0n) is 31.4. The summed E-state index contributed by atoms with van der Waals surface area (Å²) >= 11 is 1.79. The van der Waals surface area contributed by atoms with Crippen LogP contribution in [0.25, 0.3) is 16.2 Å². The van der Waals surface area contributed by atoms with Crippen molar-refractivity contribution in [1.29, 1.82) is 0 Å². The molecule has 3 aromatic rings. The molecule has 15 nitrogen and oxygen atoms in total. The second-order valence-electron chi connectivity index (χ2n) is 13.0. The molecule has 0 bridgehead atoms. The summed E-state index contributed by atoms with van der Waals surface area (Å²) < 4.78 is 24.3. The molecule has 4 heterocycles. The molecular formula is C40H50N2O13S2. The summed E-state index contributed by atoms with van der Waals surface area (Å²) in [6, 6.07) is 14.9. The van der Waals surface area contributed by atoms with Crippen molar-refractivity contribution in [3.8, 4) is 0 Å². The summed E-state index contributed by atoms with van der Waals surface area (Å²) in [7, 11) is -0.953. The van der Waals surface area contributed by atoms with Gasteiger partial charge < -0.3 is 40.1 Å². The summed E-state index contributed by atoms with van der Waals surface area (Å²) in [4.78, 5) is 43.6. The van der Waals surface area contributed by atoms with Gasteiger partial charge in [-0.2, -0.15) is 0 Å². The van der Waals surface area contributed by atoms with Crippen LogP contribution in [0, 0.1) is 0 Å². The van der Waals surface area contributed by atoms with Gasteiger partial charge in [0.1, 0.15) is 0 Å². The number of aliphatic carboxylic acids is 4. The molecule has 17 heteroatoms. The molecule has 1 atom stereocenters. The zero-order chi connectivity index (χ0) is 41.6. The Morgan fingerprint density at radius 2 is 1.16 bits per heavy atom. The number of carboxylic acid groups (broad SMARTS) is 4. The number of aliphatic hydroxyl groups excluding tert-OH is 2. The highest BCUT2D eigenvalue weighted by Gasteiger charge is 2.23. The molecule has 1 aromatic heterocycles. The first-order chi connectivity index (χ1) is 27.3. The largest absolute Gasteiger partial charge is 0.478 e. The van der Waals surface area contributed by atoms with Gasteiger partial charge in [0.05, 0.1) is 41.1 Å². The number of rotatable bonds is 18. The molecule has 0 aliphatic carbocycles. The zero-order valence-corrected chi connectivity index (χ0v) is 33.0. The molecule has 57 heavy (non-hydrogen) atoms. The molecule has 0 radical (unpaired) electrons. The first-order valence-electron chi connectivity index (χ1n) is 18.2. The van der Waals surface area contributed by atoms with Crippen LogP contribution in [-0.2, 0) is 52.3 Å². The van der Waals surface area contributed by atoms with Crippen molar-refractivity contribution in [2.45, 2.75) is 42.8 Å². The number of ether oxygens (including phenoxy) is 2. The number of aliphatic hydroxyl groups is 2. The fraction of sp³-hybridized carbons (Fsp3) is 0.400. The molecule has 1 unspecified atom stereocenters. The van der Waals surface area contributed by atoms with E-state index in [-0.39, 0.29) is 12.2 Å². The van der Waals surface area contributed by atoms with E-state index in [2.05, 4.69) is 45.5 Å². The third kappa shape index (κ3) is 19.4. The second-order valence-corrected chi connectivity index (χ2v) is 15.3. The highest BCUT2D eigenvalue weighted by molar-refractivity contribution is 7.88. The summed E-state index contributed by atoms with van der Waals surface area (Å²) in [5.74, 6) is -5.03. The van der Waals surface area contributed by atoms with E-state index in [0.29, 0.717) is 30.9 Å². The minimum Gasteiger partial charge on any atom is -0.478 e. The van der Waals surface area contributed by atoms with Gasteiger partial charge in [0.25, 0.3) is 0 Å². The fourth-order valence-corrected chi connectivity index (χ4v) is 7.30. The molecule has 3 aliphatic rings. The van der Waals surface area contributed by atoms with E-state index in [1.165, 1.54) is 21.2 Å². The number of carboxylic acids is 4. The van der Waals surface area contributed by atoms with Gasteiger partial charge in [-0.25, -0.2) is 23.4 Å². The minimum absolute atomic E-state index is 0.0945. The van der Waals surface area contributed by atoms with Crippen LogP contribution >= 0.6 is 11.3 Å². The normalized spacial score (nSPS) is 16.4. The van der Waals surface area contributed by atoms with Gasteiger partial charge in [-0.3, -0.25) is 9.80 Å². The monoisotopic (exact) mass is 830 g/mol. The van der Waals surface area contributed by atoms with Gasteiger partial charge in [0.2, 0.25) is 0 Å². The van der Waals surface area contributed by atoms with E-state index in [1.54, 1.807) is 16.7 Å². The number of fused-ring (bicyclic) bond motifs is 2. The van der Waals surface area contributed by atoms with Crippen LogP contribution in [0.3, 0.4) is 0 Å². The highest BCUT2D eigenvalue weighted by atomic mass is 32.2. The number of nitrogens with zero attached hydrogens (tertiary/aromatic N) is 2. The second kappa shape index (κ2) is 25.6. The Morgan fingerprint density at radius 3 is 1.63 bits per heavy atom. The van der Waals surface area contributed by atoms with Crippen molar-refractivity contribution >= 4 is 62.2 Å². The number of β-amino-alcohol motifs (C(OH)–C–C–N with tert-alkyl or cyclic N) is 2. The fourth-order valence-electron chi connectivity index (χ4n) is 5.55. The molecule has 0 spiro atoms. The summed E-state index contributed by atoms with van der Waals surface area (Å²) in [5.41, 5.74) is 3.65. The van der Waals surface area contributed by atoms with E-state index in [1.807, 2.05) is 18.2 Å². The van der Waals surface area contributed by atoms with Crippen molar-refractivity contribution in [1.82, 2.24) is 9.80 Å². The van der Waals surface area contributed by atoms with E-state index in [4.69, 9.17) is 29.9 Å². The summed E-state index contributed by atoms with van der Waals surface area (Å²) in [6.07, 6.45) is 7.88. The third-order valence-electron chi connectivity index (χ3n) is 8.39. The van der Waals surface area contributed by atoms with Crippen molar-refractivity contribution in [2.75, 3.05) is 65.7 Å². The Kier molecular flexibility index (Phi) is 21.0. The number of carbonyl (C=O) groups is 4. The maximum atomic E-state index is 11.6. The van der Waals surface area contributed by atoms with E-state index >= 15 is 0 Å². The standard InChI is InChI=1S/C16H21NO3S.C16H21NO2S.2C4H4O4/c18-15-11-17(12-15)6-1-7-20-8-4-13-2-3-16-14(10-13)5-9-21(16)19;18-15-11-17(12-15)6-1-7-19-8-4-13-2-3-16-14(10-13)5-9-20-16;2*5-3(6)1-2-4(7)8/h2-3,5,9-10,15,18H,1,4,6-8,11-12H2;2-3,5,9-10,15,18H,1,4,6-8,11-12H2;2*1-2H,(H,5,6)(H,7,8)/b;;2*2-1-. The Hall–Kier alpha value is -4.59. The maximum absolute atomic E-state index is 11.6. The third-order valence-corrected chi connectivity index (χ3v) is 10.5. The summed E-state index contributed by atoms with van der Waals surface area (Å²) in [6.45, 7) is 8.42. The van der Waals surface area contributed by atoms with Crippen LogP contribution in [0.1, 0.15) is 29.5 Å². The van der Waals surface area contributed by atoms with Crippen LogP contribution in [0.4, 0.5) is 0 Å². The van der Waals surface area contributed by atoms with Crippen LogP contribution in [0.2, 0.25) is 0 Å². The molecule has 2 fully saturated rings. The molecule has 310 valence electrons. The van der Waals surface area contributed by atoms with E-state index in [0.717, 1.165) is 95.2 Å². The lowest BCUT2D eigenvalue weighted by molar-refractivity contribution is -0.134. The van der Waals surface area contributed by atoms with Gasteiger partial charge in [-0.15, -0.1) is 11.3 Å². The molecule has 0 amide bonds. The predicted molar refractivity (Wildman–Crippen MR) is 216 cm³/mol. The Bertz CT molecular complexity index is 1800. The van der Waals surface area contributed by atoms with Crippen molar-refractivity contribution in [3.63, 3.8) is 0 Å². The molecule has 6 N–H and O–H groups in total. The Balaban J connectivity index is 0.000000224. The van der Waals surface area contributed by atoms with Gasteiger partial charge in [-0.1, -0.05) is 24.3 Å². The van der Waals surface area contributed by atoms with Crippen LogP contribution < -0.4 is 0 Å². The quantitative estimate of drug-likeness (QED) is 0.0798.